The first-order valence-electron chi connectivity index (χ1n) is 9.89. The molecule has 1 aromatic heterocycles. The zero-order valence-corrected chi connectivity index (χ0v) is 18.7. The van der Waals surface area contributed by atoms with Crippen LogP contribution in [-0.2, 0) is 14.3 Å². The molecule has 1 aromatic carbocycles. The largest absolute Gasteiger partial charge is 0.466 e. The zero-order valence-electron chi connectivity index (χ0n) is 17.1. The van der Waals surface area contributed by atoms with E-state index in [1.54, 1.807) is 29.7 Å². The summed E-state index contributed by atoms with van der Waals surface area (Å²) < 4.78 is 7.63. The molecular formula is C21H25BrN4O4. The molecule has 0 spiro atoms. The van der Waals surface area contributed by atoms with E-state index in [2.05, 4.69) is 21.0 Å². The molecule has 8 nitrogen and oxygen atoms in total. The maximum atomic E-state index is 12.7. The lowest BCUT2D eigenvalue weighted by Gasteiger charge is -2.32. The second-order valence-corrected chi connectivity index (χ2v) is 8.13. The normalized spacial score (nSPS) is 14.4. The molecule has 0 aliphatic carbocycles. The number of halogens is 1. The number of aromatic nitrogens is 2. The average Bonchev–Trinajstić information content (AvgIpc) is 3.24. The van der Waals surface area contributed by atoms with Crippen molar-refractivity contribution in [3.8, 4) is 5.69 Å². The molecule has 9 heteroatoms. The fraction of sp³-hybridized carbons (Fsp3) is 0.429. The molecule has 160 valence electrons. The predicted octanol–water partition coefficient (Wildman–Crippen LogP) is 2.51. The molecule has 1 aliphatic rings. The van der Waals surface area contributed by atoms with Gasteiger partial charge in [-0.15, -0.1) is 0 Å². The van der Waals surface area contributed by atoms with Crippen LogP contribution in [0.1, 0.15) is 30.1 Å². The third-order valence-corrected chi connectivity index (χ3v) is 5.64. The number of likely N-dealkylation sites (tertiary alicyclic amines) is 1. The van der Waals surface area contributed by atoms with Crippen LogP contribution in [0.4, 0.5) is 0 Å². The molecule has 0 N–H and O–H groups in total. The van der Waals surface area contributed by atoms with Gasteiger partial charge in [-0.3, -0.25) is 14.4 Å². The highest BCUT2D eigenvalue weighted by Crippen LogP contribution is 2.19. The van der Waals surface area contributed by atoms with Crippen LogP contribution in [0, 0.1) is 5.92 Å². The molecule has 0 unspecified atom stereocenters. The van der Waals surface area contributed by atoms with E-state index in [1.807, 2.05) is 24.3 Å². The average molecular weight is 477 g/mol. The van der Waals surface area contributed by atoms with Crippen molar-refractivity contribution in [2.75, 3.05) is 33.3 Å². The summed E-state index contributed by atoms with van der Waals surface area (Å²) in [5, 5.41) is 4.24. The number of amides is 2. The molecule has 0 radical (unpaired) electrons. The number of hydrogen-bond donors (Lipinski definition) is 0. The lowest BCUT2D eigenvalue weighted by Crippen LogP contribution is -2.45. The highest BCUT2D eigenvalue weighted by molar-refractivity contribution is 9.10. The predicted molar refractivity (Wildman–Crippen MR) is 114 cm³/mol. The number of benzene rings is 1. The second kappa shape index (κ2) is 9.88. The van der Waals surface area contributed by atoms with Crippen molar-refractivity contribution in [2.24, 2.45) is 5.92 Å². The van der Waals surface area contributed by atoms with Crippen LogP contribution in [-0.4, -0.2) is 70.7 Å². The summed E-state index contributed by atoms with van der Waals surface area (Å²) >= 11 is 3.39. The molecular weight excluding hydrogens is 452 g/mol. The minimum Gasteiger partial charge on any atom is -0.466 e. The van der Waals surface area contributed by atoms with Crippen LogP contribution in [0.5, 0.6) is 0 Å². The van der Waals surface area contributed by atoms with Crippen molar-refractivity contribution in [1.29, 1.82) is 0 Å². The van der Waals surface area contributed by atoms with Crippen molar-refractivity contribution >= 4 is 33.7 Å². The van der Waals surface area contributed by atoms with Crippen molar-refractivity contribution in [1.82, 2.24) is 19.6 Å². The first-order chi connectivity index (χ1) is 14.4. The third kappa shape index (κ3) is 5.27. The number of likely N-dealkylation sites (N-methyl/N-ethyl adjacent to an activating group) is 1. The van der Waals surface area contributed by atoms with Gasteiger partial charge >= 0.3 is 5.97 Å². The molecule has 1 saturated heterocycles. The van der Waals surface area contributed by atoms with Crippen LogP contribution in [0.2, 0.25) is 0 Å². The minimum atomic E-state index is -0.270. The van der Waals surface area contributed by atoms with Gasteiger partial charge in [0.05, 0.1) is 36.5 Å². The monoisotopic (exact) mass is 476 g/mol. The molecule has 0 atom stereocenters. The minimum absolute atomic E-state index is 0.0215. The van der Waals surface area contributed by atoms with E-state index in [1.165, 1.54) is 11.1 Å². The smallest absolute Gasteiger partial charge is 0.309 e. The van der Waals surface area contributed by atoms with E-state index in [-0.39, 0.29) is 30.2 Å². The SMILES string of the molecule is CCOC(=O)C1CCN(C(=O)CN(C)C(=O)c2cnn(-c3ccc(Br)cc3)c2)CC1. The van der Waals surface area contributed by atoms with Crippen LogP contribution in [0.15, 0.2) is 41.1 Å². The Morgan fingerprint density at radius 3 is 2.50 bits per heavy atom. The van der Waals surface area contributed by atoms with E-state index in [0.29, 0.717) is 38.1 Å². The van der Waals surface area contributed by atoms with E-state index in [9.17, 15) is 14.4 Å². The maximum absolute atomic E-state index is 12.7. The van der Waals surface area contributed by atoms with Gasteiger partial charge in [0.15, 0.2) is 0 Å². The maximum Gasteiger partial charge on any atom is 0.309 e. The molecule has 2 amide bonds. The number of nitrogens with zero attached hydrogens (tertiary/aromatic N) is 4. The summed E-state index contributed by atoms with van der Waals surface area (Å²) in [4.78, 5) is 40.2. The zero-order chi connectivity index (χ0) is 21.7. The standard InChI is InChI=1S/C21H25BrN4O4/c1-3-30-21(29)15-8-10-25(11-9-15)19(27)14-24(2)20(28)16-12-23-26(13-16)18-6-4-17(22)5-7-18/h4-7,12-13,15H,3,8-11,14H2,1-2H3. The number of carbonyl (C=O) groups excluding carboxylic acids is 3. The molecule has 0 saturated carbocycles. The van der Waals surface area contributed by atoms with Gasteiger partial charge in [-0.25, -0.2) is 4.68 Å². The third-order valence-electron chi connectivity index (χ3n) is 5.11. The summed E-state index contributed by atoms with van der Waals surface area (Å²) in [5.74, 6) is -0.751. The van der Waals surface area contributed by atoms with Crippen LogP contribution < -0.4 is 0 Å². The van der Waals surface area contributed by atoms with E-state index in [4.69, 9.17) is 4.74 Å². The van der Waals surface area contributed by atoms with Crippen molar-refractivity contribution < 1.29 is 19.1 Å². The quantitative estimate of drug-likeness (QED) is 0.597. The number of rotatable bonds is 6. The summed E-state index contributed by atoms with van der Waals surface area (Å²) in [6.45, 7) is 3.11. The van der Waals surface area contributed by atoms with E-state index in [0.717, 1.165) is 10.2 Å². The highest BCUT2D eigenvalue weighted by Gasteiger charge is 2.29. The van der Waals surface area contributed by atoms with E-state index >= 15 is 0 Å². The number of piperidine rings is 1. The Balaban J connectivity index is 1.54. The van der Waals surface area contributed by atoms with Crippen LogP contribution >= 0.6 is 15.9 Å². The van der Waals surface area contributed by atoms with Gasteiger partial charge in [-0.2, -0.15) is 5.10 Å². The Morgan fingerprint density at radius 1 is 1.20 bits per heavy atom. The molecule has 2 heterocycles. The Morgan fingerprint density at radius 2 is 1.87 bits per heavy atom. The van der Waals surface area contributed by atoms with Crippen molar-refractivity contribution in [3.05, 3.63) is 46.7 Å². The molecule has 30 heavy (non-hydrogen) atoms. The highest BCUT2D eigenvalue weighted by atomic mass is 79.9. The first kappa shape index (κ1) is 22.0. The van der Waals surface area contributed by atoms with Gasteiger partial charge in [-0.1, -0.05) is 15.9 Å². The van der Waals surface area contributed by atoms with E-state index < -0.39 is 0 Å². The first-order valence-corrected chi connectivity index (χ1v) is 10.7. The molecule has 1 aliphatic heterocycles. The van der Waals surface area contributed by atoms with Gasteiger partial charge in [0.1, 0.15) is 0 Å². The number of carbonyl (C=O) groups is 3. The summed E-state index contributed by atoms with van der Waals surface area (Å²) in [6, 6.07) is 7.57. The van der Waals surface area contributed by atoms with Crippen molar-refractivity contribution in [2.45, 2.75) is 19.8 Å². The van der Waals surface area contributed by atoms with Crippen LogP contribution in [0.25, 0.3) is 5.69 Å². The lowest BCUT2D eigenvalue weighted by molar-refractivity contribution is -0.151. The Labute approximate surface area is 183 Å². The molecule has 1 fully saturated rings. The summed E-state index contributed by atoms with van der Waals surface area (Å²) in [5.41, 5.74) is 1.25. The molecule has 0 bridgehead atoms. The fourth-order valence-electron chi connectivity index (χ4n) is 3.39. The number of hydrogen-bond acceptors (Lipinski definition) is 5. The summed E-state index contributed by atoms with van der Waals surface area (Å²) in [7, 11) is 1.60. The Kier molecular flexibility index (Phi) is 7.25. The van der Waals surface area contributed by atoms with Gasteiger partial charge in [0.2, 0.25) is 5.91 Å². The second-order valence-electron chi connectivity index (χ2n) is 7.22. The van der Waals surface area contributed by atoms with Crippen LogP contribution in [0.3, 0.4) is 0 Å². The summed E-state index contributed by atoms with van der Waals surface area (Å²) in [6.07, 6.45) is 4.32. The fourth-order valence-corrected chi connectivity index (χ4v) is 3.65. The van der Waals surface area contributed by atoms with Gasteiger partial charge in [0.25, 0.3) is 5.91 Å². The Hall–Kier alpha value is -2.68. The Bertz CT molecular complexity index is 904. The van der Waals surface area contributed by atoms with Crippen molar-refractivity contribution in [3.63, 3.8) is 0 Å². The molecule has 3 rings (SSSR count). The van der Waals surface area contributed by atoms with Gasteiger partial charge in [-0.05, 0) is 44.0 Å². The topological polar surface area (TPSA) is 84.7 Å². The lowest BCUT2D eigenvalue weighted by atomic mass is 9.97. The van der Waals surface area contributed by atoms with Gasteiger partial charge < -0.3 is 14.5 Å². The molecule has 2 aromatic rings. The van der Waals surface area contributed by atoms with Gasteiger partial charge in [0, 0.05) is 30.8 Å². The number of esters is 1. The number of ether oxygens (including phenoxy) is 1.